The summed E-state index contributed by atoms with van der Waals surface area (Å²) in [5, 5.41) is 4.33. The van der Waals surface area contributed by atoms with Crippen molar-refractivity contribution in [3.8, 4) is 11.1 Å². The average Bonchev–Trinajstić information content (AvgIpc) is 3.52. The SMILES string of the molecule is Cc1ccc(Sn2c(C3=CCCC(N4CC(C(=O)N=O)C4)=C3)c(-c3ccsc3C(F)(F)F)c3cc(F)ccc32)cc1. The van der Waals surface area contributed by atoms with E-state index < -0.39 is 28.7 Å². The van der Waals surface area contributed by atoms with E-state index in [-0.39, 0.29) is 5.56 Å². The van der Waals surface area contributed by atoms with Gasteiger partial charge in [-0.1, -0.05) is 23.8 Å². The molecule has 41 heavy (non-hydrogen) atoms. The number of allylic oxidation sites excluding steroid dienone is 4. The van der Waals surface area contributed by atoms with Crippen LogP contribution < -0.4 is 0 Å². The number of nitrogens with zero attached hydrogens (tertiary/aromatic N) is 3. The lowest BCUT2D eigenvalue weighted by molar-refractivity contribution is -0.133. The standard InChI is InChI=1S/C30H23F4N3O2S2/c1-17-5-8-22(9-6-17)41-37-25-10-7-20(31)14-24(25)26(23-11-12-40-28(23)30(32,33)34)27(37)18-3-2-4-21(13-18)36-15-19(16-36)29(38)35-39/h3,5-14,19H,2,4,15-16H2,1H3. The van der Waals surface area contributed by atoms with E-state index in [4.69, 9.17) is 0 Å². The molecule has 0 unspecified atom stereocenters. The van der Waals surface area contributed by atoms with E-state index in [0.29, 0.717) is 65.0 Å². The zero-order chi connectivity index (χ0) is 28.9. The predicted molar refractivity (Wildman–Crippen MR) is 154 cm³/mol. The third kappa shape index (κ3) is 5.12. The summed E-state index contributed by atoms with van der Waals surface area (Å²) in [6.45, 7) is 2.70. The maximum Gasteiger partial charge on any atom is 0.426 e. The van der Waals surface area contributed by atoms with E-state index in [2.05, 4.69) is 5.18 Å². The van der Waals surface area contributed by atoms with Gasteiger partial charge in [0.05, 0.1) is 17.1 Å². The van der Waals surface area contributed by atoms with Crippen LogP contribution in [0.3, 0.4) is 0 Å². The first-order valence-electron chi connectivity index (χ1n) is 12.9. The van der Waals surface area contributed by atoms with Crippen LogP contribution in [0.2, 0.25) is 0 Å². The Morgan fingerprint density at radius 1 is 1.10 bits per heavy atom. The van der Waals surface area contributed by atoms with Crippen LogP contribution in [0, 0.1) is 23.6 Å². The summed E-state index contributed by atoms with van der Waals surface area (Å²) in [6.07, 6.45) is 0.639. The zero-order valence-electron chi connectivity index (χ0n) is 21.7. The molecule has 2 aliphatic rings. The van der Waals surface area contributed by atoms with E-state index in [1.165, 1.54) is 35.5 Å². The smallest absolute Gasteiger partial charge is 0.373 e. The van der Waals surface area contributed by atoms with Crippen LogP contribution in [0.4, 0.5) is 17.6 Å². The summed E-state index contributed by atoms with van der Waals surface area (Å²) < 4.78 is 59.2. The molecule has 2 aromatic carbocycles. The second-order valence-electron chi connectivity index (χ2n) is 10.1. The van der Waals surface area contributed by atoms with Crippen LogP contribution in [0.15, 0.2) is 81.8 Å². The Morgan fingerprint density at radius 2 is 1.85 bits per heavy atom. The molecule has 3 heterocycles. The summed E-state index contributed by atoms with van der Waals surface area (Å²) in [5.41, 5.74) is 4.16. The zero-order valence-corrected chi connectivity index (χ0v) is 23.4. The van der Waals surface area contributed by atoms with Crippen molar-refractivity contribution < 1.29 is 22.4 Å². The van der Waals surface area contributed by atoms with Gasteiger partial charge in [0.25, 0.3) is 5.91 Å². The van der Waals surface area contributed by atoms with Gasteiger partial charge in [0, 0.05) is 45.4 Å². The Bertz CT molecular complexity index is 1730. The second kappa shape index (κ2) is 10.6. The van der Waals surface area contributed by atoms with Crippen LogP contribution in [0.5, 0.6) is 0 Å². The number of nitroso groups, excluding NO2 is 1. The molecule has 2 aromatic heterocycles. The number of thiophene rings is 1. The van der Waals surface area contributed by atoms with Crippen molar-refractivity contribution in [1.29, 1.82) is 0 Å². The third-order valence-corrected chi connectivity index (χ3v) is 9.39. The number of halogens is 4. The third-order valence-electron chi connectivity index (χ3n) is 7.38. The summed E-state index contributed by atoms with van der Waals surface area (Å²) in [5.74, 6) is -1.67. The molecule has 11 heteroatoms. The number of rotatable bonds is 6. The summed E-state index contributed by atoms with van der Waals surface area (Å²) in [7, 11) is 0. The molecular weight excluding hydrogens is 574 g/mol. The van der Waals surface area contributed by atoms with Crippen LogP contribution in [-0.4, -0.2) is 27.9 Å². The molecule has 0 saturated carbocycles. The van der Waals surface area contributed by atoms with Gasteiger partial charge < -0.3 is 4.90 Å². The van der Waals surface area contributed by atoms with Crippen molar-refractivity contribution in [3.63, 3.8) is 0 Å². The molecule has 0 bridgehead atoms. The van der Waals surface area contributed by atoms with Crippen molar-refractivity contribution in [2.24, 2.45) is 11.1 Å². The molecule has 1 aliphatic heterocycles. The highest BCUT2D eigenvalue weighted by atomic mass is 32.2. The van der Waals surface area contributed by atoms with E-state index in [0.717, 1.165) is 16.2 Å². The minimum Gasteiger partial charge on any atom is -0.373 e. The lowest BCUT2D eigenvalue weighted by Crippen LogP contribution is -2.49. The molecule has 6 rings (SSSR count). The summed E-state index contributed by atoms with van der Waals surface area (Å²) in [6, 6.07) is 13.5. The first kappa shape index (κ1) is 27.5. The van der Waals surface area contributed by atoms with E-state index >= 15 is 0 Å². The van der Waals surface area contributed by atoms with Gasteiger partial charge in [0.15, 0.2) is 0 Å². The summed E-state index contributed by atoms with van der Waals surface area (Å²) in [4.78, 5) is 24.5. The molecule has 0 radical (unpaired) electrons. The molecule has 1 aliphatic carbocycles. The molecule has 4 aromatic rings. The van der Waals surface area contributed by atoms with E-state index in [9.17, 15) is 27.3 Å². The van der Waals surface area contributed by atoms with Gasteiger partial charge in [-0.3, -0.25) is 8.77 Å². The van der Waals surface area contributed by atoms with Gasteiger partial charge in [-0.25, -0.2) is 4.39 Å². The topological polar surface area (TPSA) is 54.7 Å². The van der Waals surface area contributed by atoms with Crippen LogP contribution >= 0.6 is 23.3 Å². The highest BCUT2D eigenvalue weighted by Crippen LogP contribution is 2.49. The maximum absolute atomic E-state index is 14.7. The highest BCUT2D eigenvalue weighted by molar-refractivity contribution is 7.98. The number of amides is 1. The van der Waals surface area contributed by atoms with Crippen molar-refractivity contribution in [2.75, 3.05) is 13.1 Å². The monoisotopic (exact) mass is 597 g/mol. The van der Waals surface area contributed by atoms with Crippen LogP contribution in [-0.2, 0) is 11.0 Å². The van der Waals surface area contributed by atoms with Crippen molar-refractivity contribution >= 4 is 45.7 Å². The molecule has 0 spiro atoms. The van der Waals surface area contributed by atoms with E-state index in [1.54, 1.807) is 6.07 Å². The molecule has 5 nitrogen and oxygen atoms in total. The molecule has 1 saturated heterocycles. The molecule has 0 atom stereocenters. The second-order valence-corrected chi connectivity index (χ2v) is 12.0. The Labute approximate surface area is 241 Å². The number of likely N-dealkylation sites (tertiary alicyclic amines) is 1. The fourth-order valence-electron chi connectivity index (χ4n) is 5.34. The average molecular weight is 598 g/mol. The van der Waals surface area contributed by atoms with Gasteiger partial charge in [0.2, 0.25) is 0 Å². The van der Waals surface area contributed by atoms with Gasteiger partial charge >= 0.3 is 6.18 Å². The number of carbonyl (C=O) groups is 1. The highest BCUT2D eigenvalue weighted by Gasteiger charge is 2.38. The van der Waals surface area contributed by atoms with Gasteiger partial charge in [-0.15, -0.1) is 16.2 Å². The Kier molecular flexibility index (Phi) is 7.11. The van der Waals surface area contributed by atoms with Crippen molar-refractivity contribution in [1.82, 2.24) is 8.87 Å². The number of hydrogen-bond acceptors (Lipinski definition) is 5. The number of fused-ring (bicyclic) bond motifs is 1. The first-order valence-corrected chi connectivity index (χ1v) is 14.6. The molecule has 1 amide bonds. The number of aromatic nitrogens is 1. The quantitative estimate of drug-likeness (QED) is 0.165. The first-order chi connectivity index (χ1) is 19.6. The van der Waals surface area contributed by atoms with Gasteiger partial charge in [-0.05, 0) is 85.1 Å². The number of aryl methyl sites for hydroxylation is 1. The number of benzene rings is 2. The summed E-state index contributed by atoms with van der Waals surface area (Å²) >= 11 is 1.97. The van der Waals surface area contributed by atoms with Crippen LogP contribution in [0.1, 0.15) is 29.0 Å². The Hall–Kier alpha value is -3.70. The molecular formula is C30H23F4N3O2S2. The predicted octanol–water partition coefficient (Wildman–Crippen LogP) is 8.68. The lowest BCUT2D eigenvalue weighted by Gasteiger charge is -2.41. The Morgan fingerprint density at radius 3 is 2.56 bits per heavy atom. The lowest BCUT2D eigenvalue weighted by atomic mass is 9.92. The fraction of sp³-hybridized carbons (Fsp3) is 0.233. The Balaban J connectivity index is 1.56. The number of alkyl halides is 3. The minimum atomic E-state index is -4.58. The minimum absolute atomic E-state index is 0.00412. The molecule has 0 N–H and O–H groups in total. The number of hydrogen-bond donors (Lipinski definition) is 0. The van der Waals surface area contributed by atoms with Crippen molar-refractivity contribution in [3.05, 3.63) is 98.6 Å². The molecule has 1 fully saturated rings. The van der Waals surface area contributed by atoms with Gasteiger partial charge in [-0.2, -0.15) is 13.2 Å². The maximum atomic E-state index is 14.7. The van der Waals surface area contributed by atoms with Gasteiger partial charge in [0.1, 0.15) is 10.7 Å². The number of carbonyl (C=O) groups excluding carboxylic acids is 1. The fourth-order valence-corrected chi connectivity index (χ4v) is 7.12. The van der Waals surface area contributed by atoms with E-state index in [1.807, 2.05) is 52.2 Å². The largest absolute Gasteiger partial charge is 0.426 e. The normalized spacial score (nSPS) is 16.0. The molecule has 210 valence electrons. The van der Waals surface area contributed by atoms with Crippen molar-refractivity contribution in [2.45, 2.75) is 30.8 Å². The van der Waals surface area contributed by atoms with Crippen LogP contribution in [0.25, 0.3) is 27.6 Å².